The van der Waals surface area contributed by atoms with E-state index in [0.717, 1.165) is 44.6 Å². The quantitative estimate of drug-likeness (QED) is 0.160. The summed E-state index contributed by atoms with van der Waals surface area (Å²) >= 11 is 0. The molecule has 0 unspecified atom stereocenters. The molecular formula is C67H41NO. The molecule has 1 spiro atoms. The minimum absolute atomic E-state index is 0.401. The van der Waals surface area contributed by atoms with Crippen molar-refractivity contribution < 1.29 is 4.42 Å². The second-order valence-corrected chi connectivity index (χ2v) is 18.7. The second-order valence-electron chi connectivity index (χ2n) is 18.7. The fourth-order valence-corrected chi connectivity index (χ4v) is 12.4. The molecule has 1 heterocycles. The summed E-state index contributed by atoms with van der Waals surface area (Å²) in [6.45, 7) is 0. The first-order valence-electron chi connectivity index (χ1n) is 23.9. The van der Waals surface area contributed by atoms with Crippen LogP contribution in [0.1, 0.15) is 22.3 Å². The molecule has 0 bridgehead atoms. The normalized spacial score (nSPS) is 13.0. The van der Waals surface area contributed by atoms with Crippen molar-refractivity contribution in [1.29, 1.82) is 0 Å². The summed E-state index contributed by atoms with van der Waals surface area (Å²) in [5.41, 5.74) is 20.0. The number of fused-ring (bicyclic) bond motifs is 19. The van der Waals surface area contributed by atoms with Gasteiger partial charge in [0.1, 0.15) is 11.2 Å². The number of anilines is 3. The van der Waals surface area contributed by atoms with Crippen LogP contribution in [0.2, 0.25) is 0 Å². The van der Waals surface area contributed by atoms with Gasteiger partial charge in [0.15, 0.2) is 0 Å². The number of rotatable bonds is 5. The Labute approximate surface area is 399 Å². The summed E-state index contributed by atoms with van der Waals surface area (Å²) in [6.07, 6.45) is 0. The standard InChI is InChI=1S/C67H41NO/c1-2-16-51-49(14-1)50-15-3-4-17-52(50)58-40-46(36-38-53(51)58)68(45-34-32-43(33-35-45)42-28-30-44(31-29-42)48-22-13-27-65-66(48)57-21-8-12-26-64(57)69-65)47-37-39-63-59(41-47)56-20-7-11-25-62(56)67(63)60-23-9-5-18-54(60)55-19-6-10-24-61(55)67/h1-41H. The van der Waals surface area contributed by atoms with E-state index in [-0.39, 0.29) is 0 Å². The molecule has 0 atom stereocenters. The highest BCUT2D eigenvalue weighted by molar-refractivity contribution is 6.26. The van der Waals surface area contributed by atoms with E-state index in [4.69, 9.17) is 4.42 Å². The number of hydrogen-bond acceptors (Lipinski definition) is 2. The van der Waals surface area contributed by atoms with Crippen LogP contribution in [0.25, 0.3) is 98.8 Å². The Bertz CT molecular complexity index is 4170. The van der Waals surface area contributed by atoms with E-state index in [2.05, 4.69) is 241 Å². The molecule has 2 nitrogen and oxygen atoms in total. The summed E-state index contributed by atoms with van der Waals surface area (Å²) in [6, 6.07) is 91.9. The molecular weight excluding hydrogens is 835 g/mol. The van der Waals surface area contributed by atoms with Crippen molar-refractivity contribution >= 4 is 71.3 Å². The largest absolute Gasteiger partial charge is 0.456 e. The molecule has 2 aliphatic carbocycles. The SMILES string of the molecule is c1ccc2c(c1)-c1ccccc1C21c2ccccc2-c2cc(N(c3ccc(-c4ccc(-c5cccc6oc7ccccc7c56)cc4)cc3)c3ccc4c5ccccc5c5ccccc5c4c3)ccc21. The summed E-state index contributed by atoms with van der Waals surface area (Å²) < 4.78 is 6.24. The third-order valence-electron chi connectivity index (χ3n) is 15.3. The predicted molar refractivity (Wildman–Crippen MR) is 288 cm³/mol. The third-order valence-corrected chi connectivity index (χ3v) is 15.3. The van der Waals surface area contributed by atoms with E-state index >= 15 is 0 Å². The first-order chi connectivity index (χ1) is 34.2. The van der Waals surface area contributed by atoms with Gasteiger partial charge in [-0.2, -0.15) is 0 Å². The molecule has 0 amide bonds. The van der Waals surface area contributed by atoms with Gasteiger partial charge in [-0.25, -0.2) is 0 Å². The maximum absolute atomic E-state index is 6.24. The van der Waals surface area contributed by atoms with Gasteiger partial charge in [0.05, 0.1) is 5.41 Å². The van der Waals surface area contributed by atoms with Gasteiger partial charge in [0.2, 0.25) is 0 Å². The lowest BCUT2D eigenvalue weighted by Gasteiger charge is -2.31. The molecule has 0 saturated heterocycles. The average molecular weight is 876 g/mol. The van der Waals surface area contributed by atoms with E-state index in [1.807, 2.05) is 12.1 Å². The van der Waals surface area contributed by atoms with Crippen LogP contribution in [0.15, 0.2) is 253 Å². The van der Waals surface area contributed by atoms with E-state index in [9.17, 15) is 0 Å². The van der Waals surface area contributed by atoms with Crippen LogP contribution in [-0.4, -0.2) is 0 Å². The van der Waals surface area contributed by atoms with Crippen LogP contribution in [0, 0.1) is 0 Å². The van der Waals surface area contributed by atoms with Gasteiger partial charge in [-0.05, 0) is 148 Å². The van der Waals surface area contributed by atoms with Crippen LogP contribution < -0.4 is 4.90 Å². The zero-order chi connectivity index (χ0) is 45.2. The molecule has 1 aromatic heterocycles. The fraction of sp³-hybridized carbons (Fsp3) is 0.0149. The average Bonchev–Trinajstić information content (AvgIpc) is 4.06. The van der Waals surface area contributed by atoms with Gasteiger partial charge >= 0.3 is 0 Å². The van der Waals surface area contributed by atoms with Gasteiger partial charge in [-0.15, -0.1) is 0 Å². The summed E-state index contributed by atoms with van der Waals surface area (Å²) in [4.78, 5) is 2.45. The molecule has 15 rings (SSSR count). The first kappa shape index (κ1) is 38.2. The first-order valence-corrected chi connectivity index (χ1v) is 23.9. The number of furan rings is 1. The number of nitrogens with zero attached hydrogens (tertiary/aromatic N) is 1. The van der Waals surface area contributed by atoms with Gasteiger partial charge in [0, 0.05) is 27.8 Å². The zero-order valence-corrected chi connectivity index (χ0v) is 37.5. The van der Waals surface area contributed by atoms with E-state index < -0.39 is 5.41 Å². The predicted octanol–water partition coefficient (Wildman–Crippen LogP) is 18.2. The Morgan fingerprint density at radius 2 is 0.681 bits per heavy atom. The van der Waals surface area contributed by atoms with Crippen molar-refractivity contribution in [2.24, 2.45) is 0 Å². The summed E-state index contributed by atoms with van der Waals surface area (Å²) in [7, 11) is 0. The Balaban J connectivity index is 0.894. The Morgan fingerprint density at radius 3 is 1.32 bits per heavy atom. The van der Waals surface area contributed by atoms with E-state index in [1.165, 1.54) is 93.5 Å². The van der Waals surface area contributed by atoms with Gasteiger partial charge < -0.3 is 9.32 Å². The summed E-state index contributed by atoms with van der Waals surface area (Å²) in [5.74, 6) is 0. The number of benzene rings is 12. The number of para-hydroxylation sites is 1. The van der Waals surface area contributed by atoms with Crippen molar-refractivity contribution in [2.45, 2.75) is 5.41 Å². The van der Waals surface area contributed by atoms with Crippen LogP contribution in [-0.2, 0) is 5.41 Å². The lowest BCUT2D eigenvalue weighted by molar-refractivity contribution is 0.669. The molecule has 12 aromatic carbocycles. The molecule has 0 radical (unpaired) electrons. The fourth-order valence-electron chi connectivity index (χ4n) is 12.4. The molecule has 0 aliphatic heterocycles. The second kappa shape index (κ2) is 14.5. The smallest absolute Gasteiger partial charge is 0.136 e. The zero-order valence-electron chi connectivity index (χ0n) is 37.5. The minimum atomic E-state index is -0.401. The van der Waals surface area contributed by atoms with Crippen LogP contribution in [0.4, 0.5) is 17.1 Å². The Morgan fingerprint density at radius 1 is 0.261 bits per heavy atom. The van der Waals surface area contributed by atoms with Gasteiger partial charge in [-0.3, -0.25) is 0 Å². The highest BCUT2D eigenvalue weighted by Crippen LogP contribution is 2.63. The molecule has 0 saturated carbocycles. The van der Waals surface area contributed by atoms with Gasteiger partial charge in [0.25, 0.3) is 0 Å². The van der Waals surface area contributed by atoms with Gasteiger partial charge in [-0.1, -0.05) is 200 Å². The molecule has 0 N–H and O–H groups in total. The van der Waals surface area contributed by atoms with Crippen molar-refractivity contribution in [2.75, 3.05) is 4.90 Å². The monoisotopic (exact) mass is 875 g/mol. The molecule has 13 aromatic rings. The lowest BCUT2D eigenvalue weighted by atomic mass is 9.70. The van der Waals surface area contributed by atoms with E-state index in [0.29, 0.717) is 0 Å². The highest BCUT2D eigenvalue weighted by Gasteiger charge is 2.51. The topological polar surface area (TPSA) is 16.4 Å². The molecule has 0 fully saturated rings. The number of hydrogen-bond donors (Lipinski definition) is 0. The van der Waals surface area contributed by atoms with E-state index in [1.54, 1.807) is 0 Å². The molecule has 2 aliphatic rings. The molecule has 2 heteroatoms. The third kappa shape index (κ3) is 5.37. The maximum atomic E-state index is 6.24. The van der Waals surface area contributed by atoms with Crippen molar-refractivity contribution in [1.82, 2.24) is 0 Å². The Hall–Kier alpha value is -8.98. The van der Waals surface area contributed by atoms with Crippen LogP contribution in [0.5, 0.6) is 0 Å². The minimum Gasteiger partial charge on any atom is -0.456 e. The van der Waals surface area contributed by atoms with Crippen LogP contribution >= 0.6 is 0 Å². The Kier molecular flexibility index (Phi) is 8.02. The van der Waals surface area contributed by atoms with Crippen molar-refractivity contribution in [3.63, 3.8) is 0 Å². The van der Waals surface area contributed by atoms with Crippen LogP contribution in [0.3, 0.4) is 0 Å². The summed E-state index contributed by atoms with van der Waals surface area (Å²) in [5, 5.41) is 9.87. The van der Waals surface area contributed by atoms with Crippen molar-refractivity contribution in [3.05, 3.63) is 271 Å². The highest BCUT2D eigenvalue weighted by atomic mass is 16.3. The lowest BCUT2D eigenvalue weighted by Crippen LogP contribution is -2.25. The van der Waals surface area contributed by atoms with Crippen molar-refractivity contribution in [3.8, 4) is 44.5 Å². The maximum Gasteiger partial charge on any atom is 0.136 e. The molecule has 320 valence electrons. The molecule has 69 heavy (non-hydrogen) atoms.